The summed E-state index contributed by atoms with van der Waals surface area (Å²) in [5, 5.41) is 14.2. The summed E-state index contributed by atoms with van der Waals surface area (Å²) in [5.41, 5.74) is 0.859. The number of nitrogens with one attached hydrogen (secondary N) is 2. The van der Waals surface area contributed by atoms with Gasteiger partial charge < -0.3 is 15.7 Å². The predicted octanol–water partition coefficient (Wildman–Crippen LogP) is 0.701. The van der Waals surface area contributed by atoms with E-state index >= 15 is 0 Å². The number of halogens is 3. The van der Waals surface area contributed by atoms with Crippen molar-refractivity contribution in [2.75, 3.05) is 13.1 Å². The van der Waals surface area contributed by atoms with Crippen molar-refractivity contribution in [2.24, 2.45) is 0 Å². The lowest BCUT2D eigenvalue weighted by Crippen LogP contribution is -2.50. The van der Waals surface area contributed by atoms with E-state index in [1.54, 1.807) is 0 Å². The Morgan fingerprint density at radius 1 is 1.13 bits per heavy atom. The highest BCUT2D eigenvalue weighted by molar-refractivity contribution is 6.35. The summed E-state index contributed by atoms with van der Waals surface area (Å²) in [4.78, 5) is 22.7. The van der Waals surface area contributed by atoms with Crippen molar-refractivity contribution in [2.45, 2.75) is 31.0 Å². The van der Waals surface area contributed by atoms with Gasteiger partial charge in [-0.3, -0.25) is 9.59 Å². The van der Waals surface area contributed by atoms with Crippen molar-refractivity contribution >= 4 is 11.8 Å². The quantitative estimate of drug-likeness (QED) is 0.714. The number of hydrogen-bond acceptors (Lipinski definition) is 3. The zero-order valence-corrected chi connectivity index (χ0v) is 12.2. The average Bonchev–Trinajstić information content (AvgIpc) is 2.49. The Balaban J connectivity index is 1.86. The molecule has 1 unspecified atom stereocenters. The van der Waals surface area contributed by atoms with E-state index in [1.165, 1.54) is 5.32 Å². The van der Waals surface area contributed by atoms with Crippen LogP contribution in [0.1, 0.15) is 17.5 Å². The molecule has 2 rings (SSSR count). The first-order valence-corrected chi connectivity index (χ1v) is 7.10. The molecule has 1 atom stereocenters. The van der Waals surface area contributed by atoms with Crippen LogP contribution in [0.2, 0.25) is 0 Å². The Kier molecular flexibility index (Phi) is 4.93. The third-order valence-corrected chi connectivity index (χ3v) is 3.73. The SMILES string of the molecule is O=C(NCC(F)(F)F)C(=O)NCC1(O)CCc2ccccc2C1. The number of hydrogen-bond donors (Lipinski definition) is 3. The topological polar surface area (TPSA) is 78.4 Å². The van der Waals surface area contributed by atoms with Gasteiger partial charge in [-0.1, -0.05) is 24.3 Å². The molecule has 1 aliphatic rings. The van der Waals surface area contributed by atoms with Gasteiger partial charge in [0, 0.05) is 13.0 Å². The Morgan fingerprint density at radius 2 is 1.74 bits per heavy atom. The Labute approximate surface area is 130 Å². The lowest BCUT2D eigenvalue weighted by Gasteiger charge is -2.33. The molecule has 0 bridgehead atoms. The van der Waals surface area contributed by atoms with Crippen molar-refractivity contribution in [1.82, 2.24) is 10.6 Å². The number of rotatable bonds is 3. The summed E-state index contributed by atoms with van der Waals surface area (Å²) >= 11 is 0. The van der Waals surface area contributed by atoms with E-state index in [2.05, 4.69) is 5.32 Å². The lowest BCUT2D eigenvalue weighted by atomic mass is 9.80. The normalized spacial score (nSPS) is 20.5. The molecule has 5 nitrogen and oxygen atoms in total. The fourth-order valence-corrected chi connectivity index (χ4v) is 2.52. The Morgan fingerprint density at radius 3 is 2.39 bits per heavy atom. The Hall–Kier alpha value is -2.09. The van der Waals surface area contributed by atoms with Crippen LogP contribution in [0.5, 0.6) is 0 Å². The second-order valence-electron chi connectivity index (χ2n) is 5.65. The fraction of sp³-hybridized carbons (Fsp3) is 0.467. The van der Waals surface area contributed by atoms with Gasteiger partial charge >= 0.3 is 18.0 Å². The van der Waals surface area contributed by atoms with E-state index in [0.717, 1.165) is 11.1 Å². The van der Waals surface area contributed by atoms with Crippen LogP contribution in [0, 0.1) is 0 Å². The molecule has 23 heavy (non-hydrogen) atoms. The minimum Gasteiger partial charge on any atom is -0.388 e. The van der Waals surface area contributed by atoms with E-state index in [-0.39, 0.29) is 6.54 Å². The van der Waals surface area contributed by atoms with Gasteiger partial charge in [-0.05, 0) is 24.0 Å². The number of aryl methyl sites for hydroxylation is 1. The predicted molar refractivity (Wildman–Crippen MR) is 75.5 cm³/mol. The highest BCUT2D eigenvalue weighted by Gasteiger charge is 2.33. The van der Waals surface area contributed by atoms with Crippen LogP contribution in [0.15, 0.2) is 24.3 Å². The summed E-state index contributed by atoms with van der Waals surface area (Å²) in [5.74, 6) is -2.57. The standard InChI is InChI=1S/C15H17F3N2O3/c16-15(17,18)9-20-13(22)12(21)19-8-14(23)6-5-10-3-1-2-4-11(10)7-14/h1-4,23H,5-9H2,(H,19,21)(H,20,22). The van der Waals surface area contributed by atoms with Gasteiger partial charge in [-0.2, -0.15) is 13.2 Å². The maximum absolute atomic E-state index is 12.0. The molecular weight excluding hydrogens is 313 g/mol. The first-order valence-electron chi connectivity index (χ1n) is 7.10. The molecule has 0 radical (unpaired) electrons. The van der Waals surface area contributed by atoms with Gasteiger partial charge in [0.05, 0.1) is 5.60 Å². The third kappa shape index (κ3) is 4.95. The summed E-state index contributed by atoms with van der Waals surface area (Å²) in [6.07, 6.45) is -3.24. The fourth-order valence-electron chi connectivity index (χ4n) is 2.52. The summed E-state index contributed by atoms with van der Waals surface area (Å²) < 4.78 is 35.9. The number of carbonyl (C=O) groups excluding carboxylic acids is 2. The van der Waals surface area contributed by atoms with Crippen LogP contribution in [-0.4, -0.2) is 41.8 Å². The molecule has 1 aromatic rings. The molecule has 3 N–H and O–H groups in total. The van der Waals surface area contributed by atoms with Crippen LogP contribution in [0.4, 0.5) is 13.2 Å². The van der Waals surface area contributed by atoms with Crippen LogP contribution in [0.25, 0.3) is 0 Å². The monoisotopic (exact) mass is 330 g/mol. The first kappa shape index (κ1) is 17.3. The number of benzene rings is 1. The number of amides is 2. The summed E-state index contributed by atoms with van der Waals surface area (Å²) in [6.45, 7) is -1.77. The minimum atomic E-state index is -4.58. The van der Waals surface area contributed by atoms with Gasteiger partial charge in [0.2, 0.25) is 0 Å². The van der Waals surface area contributed by atoms with Crippen LogP contribution in [-0.2, 0) is 22.4 Å². The van der Waals surface area contributed by atoms with Crippen LogP contribution < -0.4 is 10.6 Å². The van der Waals surface area contributed by atoms with Crippen molar-refractivity contribution in [3.63, 3.8) is 0 Å². The molecule has 0 fully saturated rings. The van der Waals surface area contributed by atoms with Gasteiger partial charge in [0.1, 0.15) is 6.54 Å². The molecule has 2 amide bonds. The van der Waals surface area contributed by atoms with Gasteiger partial charge in [-0.25, -0.2) is 0 Å². The van der Waals surface area contributed by atoms with Gasteiger partial charge in [-0.15, -0.1) is 0 Å². The summed E-state index contributed by atoms with van der Waals surface area (Å²) in [6, 6.07) is 7.57. The highest BCUT2D eigenvalue weighted by Crippen LogP contribution is 2.28. The summed E-state index contributed by atoms with van der Waals surface area (Å²) in [7, 11) is 0. The number of carbonyl (C=O) groups is 2. The number of fused-ring (bicyclic) bond motifs is 1. The van der Waals surface area contributed by atoms with Crippen LogP contribution >= 0.6 is 0 Å². The highest BCUT2D eigenvalue weighted by atomic mass is 19.4. The second-order valence-corrected chi connectivity index (χ2v) is 5.65. The largest absolute Gasteiger partial charge is 0.405 e. The lowest BCUT2D eigenvalue weighted by molar-refractivity contribution is -0.146. The van der Waals surface area contributed by atoms with E-state index in [0.29, 0.717) is 19.3 Å². The molecular formula is C15H17F3N2O3. The first-order chi connectivity index (χ1) is 10.7. The van der Waals surface area contributed by atoms with Crippen molar-refractivity contribution in [3.8, 4) is 0 Å². The van der Waals surface area contributed by atoms with Crippen molar-refractivity contribution in [1.29, 1.82) is 0 Å². The van der Waals surface area contributed by atoms with Gasteiger partial charge in [0.25, 0.3) is 0 Å². The third-order valence-electron chi connectivity index (χ3n) is 3.73. The average molecular weight is 330 g/mol. The van der Waals surface area contributed by atoms with E-state index in [4.69, 9.17) is 0 Å². The molecule has 1 aliphatic carbocycles. The molecule has 0 spiro atoms. The number of aliphatic hydroxyl groups is 1. The molecule has 0 heterocycles. The number of alkyl halides is 3. The molecule has 0 saturated carbocycles. The van der Waals surface area contributed by atoms with Crippen molar-refractivity contribution < 1.29 is 27.9 Å². The molecule has 126 valence electrons. The van der Waals surface area contributed by atoms with Crippen molar-refractivity contribution in [3.05, 3.63) is 35.4 Å². The minimum absolute atomic E-state index is 0.195. The smallest absolute Gasteiger partial charge is 0.388 e. The maximum atomic E-state index is 12.0. The molecule has 1 aromatic carbocycles. The molecule has 0 aromatic heterocycles. The van der Waals surface area contributed by atoms with Crippen LogP contribution in [0.3, 0.4) is 0 Å². The van der Waals surface area contributed by atoms with E-state index in [1.807, 2.05) is 24.3 Å². The second kappa shape index (κ2) is 6.57. The molecule has 0 aliphatic heterocycles. The van der Waals surface area contributed by atoms with Gasteiger partial charge in [0.15, 0.2) is 0 Å². The van der Waals surface area contributed by atoms with E-state index < -0.39 is 30.1 Å². The zero-order valence-electron chi connectivity index (χ0n) is 12.2. The Bertz CT molecular complexity index is 604. The molecule has 8 heteroatoms. The maximum Gasteiger partial charge on any atom is 0.405 e. The van der Waals surface area contributed by atoms with E-state index in [9.17, 15) is 27.9 Å². The molecule has 0 saturated heterocycles. The zero-order chi connectivity index (χ0) is 17.1.